The highest BCUT2D eigenvalue weighted by Gasteiger charge is 2.21. The fourth-order valence-electron chi connectivity index (χ4n) is 3.03. The normalized spacial score (nSPS) is 15.3. The van der Waals surface area contributed by atoms with Crippen molar-refractivity contribution in [2.24, 2.45) is 0 Å². The van der Waals surface area contributed by atoms with Gasteiger partial charge in [-0.3, -0.25) is 9.69 Å². The molecule has 0 unspecified atom stereocenters. The Balaban J connectivity index is 1.30. The average molecular weight is 387 g/mol. The van der Waals surface area contributed by atoms with E-state index >= 15 is 0 Å². The van der Waals surface area contributed by atoms with E-state index in [1.54, 1.807) is 23.5 Å². The van der Waals surface area contributed by atoms with Gasteiger partial charge in [-0.05, 0) is 36.4 Å². The van der Waals surface area contributed by atoms with Gasteiger partial charge in [0.25, 0.3) is 0 Å². The zero-order chi connectivity index (χ0) is 17.9. The van der Waals surface area contributed by atoms with E-state index in [-0.39, 0.29) is 5.91 Å². The quantitative estimate of drug-likeness (QED) is 0.742. The number of hydrogen-bond acceptors (Lipinski definition) is 5. The maximum absolute atomic E-state index is 12.2. The SMILES string of the molecule is O=C(CN1CCN(c2nc3ccccc3s2)CC1)Nc1ccc(Cl)cc1. The van der Waals surface area contributed by atoms with E-state index in [4.69, 9.17) is 16.6 Å². The van der Waals surface area contributed by atoms with Gasteiger partial charge >= 0.3 is 0 Å². The van der Waals surface area contributed by atoms with E-state index in [9.17, 15) is 4.79 Å². The Hall–Kier alpha value is -2.15. The number of hydrogen-bond donors (Lipinski definition) is 1. The van der Waals surface area contributed by atoms with Crippen LogP contribution in [0.25, 0.3) is 10.2 Å². The first-order valence-corrected chi connectivity index (χ1v) is 9.75. The molecule has 1 N–H and O–H groups in total. The summed E-state index contributed by atoms with van der Waals surface area (Å²) in [5, 5.41) is 4.64. The molecule has 0 atom stereocenters. The lowest BCUT2D eigenvalue weighted by atomic mass is 10.3. The number of nitrogens with one attached hydrogen (secondary N) is 1. The highest BCUT2D eigenvalue weighted by Crippen LogP contribution is 2.29. The first kappa shape index (κ1) is 17.3. The number of carbonyl (C=O) groups is 1. The summed E-state index contributed by atoms with van der Waals surface area (Å²) in [5.41, 5.74) is 1.82. The number of rotatable bonds is 4. The molecule has 1 saturated heterocycles. The number of nitrogens with zero attached hydrogens (tertiary/aromatic N) is 3. The lowest BCUT2D eigenvalue weighted by Gasteiger charge is -2.34. The first-order valence-electron chi connectivity index (χ1n) is 8.56. The van der Waals surface area contributed by atoms with Crippen molar-refractivity contribution in [1.29, 1.82) is 0 Å². The van der Waals surface area contributed by atoms with Gasteiger partial charge in [0.1, 0.15) is 0 Å². The third-order valence-electron chi connectivity index (χ3n) is 4.42. The number of benzene rings is 2. The van der Waals surface area contributed by atoms with Crippen LogP contribution < -0.4 is 10.2 Å². The Kier molecular flexibility index (Phi) is 5.06. The molecular weight excluding hydrogens is 368 g/mol. The maximum atomic E-state index is 12.2. The van der Waals surface area contributed by atoms with Gasteiger partial charge in [0.2, 0.25) is 5.91 Å². The number of anilines is 2. The van der Waals surface area contributed by atoms with Crippen molar-refractivity contribution >= 4 is 49.9 Å². The zero-order valence-electron chi connectivity index (χ0n) is 14.2. The molecule has 5 nitrogen and oxygen atoms in total. The minimum Gasteiger partial charge on any atom is -0.345 e. The number of halogens is 1. The molecule has 0 bridgehead atoms. The van der Waals surface area contributed by atoms with Crippen molar-refractivity contribution < 1.29 is 4.79 Å². The molecule has 4 rings (SSSR count). The molecule has 1 aliphatic rings. The van der Waals surface area contributed by atoms with Crippen molar-refractivity contribution in [2.75, 3.05) is 42.9 Å². The van der Waals surface area contributed by atoms with E-state index in [0.717, 1.165) is 42.5 Å². The van der Waals surface area contributed by atoms with Gasteiger partial charge in [-0.1, -0.05) is 35.1 Å². The predicted octanol–water partition coefficient (Wildman–Crippen LogP) is 3.71. The van der Waals surface area contributed by atoms with Gasteiger partial charge in [0, 0.05) is 36.9 Å². The second-order valence-electron chi connectivity index (χ2n) is 6.28. The van der Waals surface area contributed by atoms with Crippen molar-refractivity contribution in [1.82, 2.24) is 9.88 Å². The van der Waals surface area contributed by atoms with Crippen LogP contribution in [0.1, 0.15) is 0 Å². The van der Waals surface area contributed by atoms with Crippen LogP contribution in [0.15, 0.2) is 48.5 Å². The maximum Gasteiger partial charge on any atom is 0.238 e. The standard InChI is InChI=1S/C19H19ClN4OS/c20-14-5-7-15(8-6-14)21-18(25)13-23-9-11-24(12-10-23)19-22-16-3-1-2-4-17(16)26-19/h1-8H,9-13H2,(H,21,25). The topological polar surface area (TPSA) is 48.5 Å². The van der Waals surface area contributed by atoms with Crippen LogP contribution in [0.2, 0.25) is 5.02 Å². The molecule has 0 spiro atoms. The van der Waals surface area contributed by atoms with Crippen LogP contribution in [0.5, 0.6) is 0 Å². The second kappa shape index (κ2) is 7.61. The summed E-state index contributed by atoms with van der Waals surface area (Å²) >= 11 is 7.59. The molecule has 1 aliphatic heterocycles. The number of fused-ring (bicyclic) bond motifs is 1. The Morgan fingerprint density at radius 2 is 1.81 bits per heavy atom. The summed E-state index contributed by atoms with van der Waals surface area (Å²) in [6, 6.07) is 15.4. The Labute approximate surface area is 161 Å². The van der Waals surface area contributed by atoms with Crippen LogP contribution in [0, 0.1) is 0 Å². The van der Waals surface area contributed by atoms with Crippen LogP contribution in [0.4, 0.5) is 10.8 Å². The van der Waals surface area contributed by atoms with E-state index in [2.05, 4.69) is 21.2 Å². The number of aromatic nitrogens is 1. The van der Waals surface area contributed by atoms with E-state index in [1.807, 2.05) is 30.3 Å². The summed E-state index contributed by atoms with van der Waals surface area (Å²) in [4.78, 5) is 21.4. The van der Waals surface area contributed by atoms with E-state index in [0.29, 0.717) is 11.6 Å². The summed E-state index contributed by atoms with van der Waals surface area (Å²) < 4.78 is 1.22. The minimum absolute atomic E-state index is 0.000703. The molecule has 134 valence electrons. The van der Waals surface area contributed by atoms with Crippen LogP contribution >= 0.6 is 22.9 Å². The molecule has 2 heterocycles. The van der Waals surface area contributed by atoms with Crippen molar-refractivity contribution in [3.63, 3.8) is 0 Å². The van der Waals surface area contributed by atoms with Gasteiger partial charge < -0.3 is 10.2 Å². The third kappa shape index (κ3) is 3.98. The molecule has 7 heteroatoms. The van der Waals surface area contributed by atoms with E-state index in [1.165, 1.54) is 4.70 Å². The van der Waals surface area contributed by atoms with Gasteiger partial charge in [-0.25, -0.2) is 4.98 Å². The van der Waals surface area contributed by atoms with Crippen molar-refractivity contribution in [3.8, 4) is 0 Å². The highest BCUT2D eigenvalue weighted by molar-refractivity contribution is 7.22. The fourth-order valence-corrected chi connectivity index (χ4v) is 4.17. The van der Waals surface area contributed by atoms with Crippen LogP contribution in [0.3, 0.4) is 0 Å². The highest BCUT2D eigenvalue weighted by atomic mass is 35.5. The Morgan fingerprint density at radius 1 is 1.08 bits per heavy atom. The van der Waals surface area contributed by atoms with E-state index < -0.39 is 0 Å². The van der Waals surface area contributed by atoms with Gasteiger partial charge in [-0.2, -0.15) is 0 Å². The Morgan fingerprint density at radius 3 is 2.54 bits per heavy atom. The number of para-hydroxylation sites is 1. The van der Waals surface area contributed by atoms with Crippen molar-refractivity contribution in [3.05, 3.63) is 53.6 Å². The first-order chi connectivity index (χ1) is 12.7. The van der Waals surface area contributed by atoms with Crippen molar-refractivity contribution in [2.45, 2.75) is 0 Å². The monoisotopic (exact) mass is 386 g/mol. The second-order valence-corrected chi connectivity index (χ2v) is 7.73. The Bertz CT molecular complexity index is 870. The molecule has 26 heavy (non-hydrogen) atoms. The number of piperazine rings is 1. The summed E-state index contributed by atoms with van der Waals surface area (Å²) in [5.74, 6) is 0.000703. The largest absolute Gasteiger partial charge is 0.345 e. The molecule has 2 aromatic carbocycles. The smallest absolute Gasteiger partial charge is 0.238 e. The van der Waals surface area contributed by atoms with Gasteiger partial charge in [-0.15, -0.1) is 0 Å². The van der Waals surface area contributed by atoms with Gasteiger partial charge in [0.05, 0.1) is 16.8 Å². The fraction of sp³-hybridized carbons (Fsp3) is 0.263. The van der Waals surface area contributed by atoms with Gasteiger partial charge in [0.15, 0.2) is 5.13 Å². The molecule has 1 aromatic heterocycles. The molecular formula is C19H19ClN4OS. The molecule has 0 saturated carbocycles. The lowest BCUT2D eigenvalue weighted by Crippen LogP contribution is -2.48. The molecule has 0 aliphatic carbocycles. The third-order valence-corrected chi connectivity index (χ3v) is 5.77. The summed E-state index contributed by atoms with van der Waals surface area (Å²) in [6.45, 7) is 3.87. The summed E-state index contributed by atoms with van der Waals surface area (Å²) in [7, 11) is 0. The van der Waals surface area contributed by atoms with Crippen LogP contribution in [-0.4, -0.2) is 48.5 Å². The lowest BCUT2D eigenvalue weighted by molar-refractivity contribution is -0.117. The minimum atomic E-state index is 0.000703. The number of amides is 1. The zero-order valence-corrected chi connectivity index (χ0v) is 15.8. The van der Waals surface area contributed by atoms with Crippen LogP contribution in [-0.2, 0) is 4.79 Å². The molecule has 3 aromatic rings. The molecule has 0 radical (unpaired) electrons. The number of carbonyl (C=O) groups excluding carboxylic acids is 1. The predicted molar refractivity (Wildman–Crippen MR) is 108 cm³/mol. The average Bonchev–Trinajstić information content (AvgIpc) is 3.08. The molecule has 1 amide bonds. The number of thiazole rings is 1. The summed E-state index contributed by atoms with van der Waals surface area (Å²) in [6.07, 6.45) is 0. The molecule has 1 fully saturated rings.